The number of anilines is 1. The Hall–Kier alpha value is -1.92. The molecular formula is C19H22N2O3S. The summed E-state index contributed by atoms with van der Waals surface area (Å²) in [5, 5.41) is 3.64. The highest BCUT2D eigenvalue weighted by Crippen LogP contribution is 2.29. The van der Waals surface area contributed by atoms with Gasteiger partial charge in [0.05, 0.1) is 18.9 Å². The maximum atomic E-state index is 12.4. The molecule has 0 saturated carbocycles. The van der Waals surface area contributed by atoms with E-state index in [1.165, 1.54) is 29.8 Å². The Bertz CT molecular complexity index is 712. The zero-order chi connectivity index (χ0) is 17.1. The summed E-state index contributed by atoms with van der Waals surface area (Å²) in [7, 11) is 0. The van der Waals surface area contributed by atoms with Crippen molar-refractivity contribution in [2.75, 3.05) is 18.5 Å². The largest absolute Gasteiger partial charge is 0.488 e. The van der Waals surface area contributed by atoms with Gasteiger partial charge in [0.1, 0.15) is 11.9 Å². The number of thiazole rings is 1. The van der Waals surface area contributed by atoms with E-state index in [1.807, 2.05) is 12.1 Å². The van der Waals surface area contributed by atoms with E-state index >= 15 is 0 Å². The Morgan fingerprint density at radius 2 is 2.04 bits per heavy atom. The second kappa shape index (κ2) is 7.54. The average molecular weight is 358 g/mol. The molecule has 0 spiro atoms. The SMILES string of the molecule is O=C(Nc1nc2c(s1)CCCCC2)c1ccc(OC2CCOC2)cc1. The summed E-state index contributed by atoms with van der Waals surface area (Å²) in [4.78, 5) is 18.4. The number of carbonyl (C=O) groups excluding carboxylic acids is 1. The molecule has 4 rings (SSSR count). The van der Waals surface area contributed by atoms with E-state index < -0.39 is 0 Å². The molecule has 1 saturated heterocycles. The molecular weight excluding hydrogens is 336 g/mol. The Morgan fingerprint density at radius 3 is 2.84 bits per heavy atom. The number of nitrogens with zero attached hydrogens (tertiary/aromatic N) is 1. The fourth-order valence-corrected chi connectivity index (χ4v) is 4.28. The Labute approximate surface area is 151 Å². The van der Waals surface area contributed by atoms with Crippen molar-refractivity contribution in [3.05, 3.63) is 40.4 Å². The Morgan fingerprint density at radius 1 is 1.20 bits per heavy atom. The number of aryl methyl sites for hydroxylation is 2. The molecule has 5 nitrogen and oxygen atoms in total. The van der Waals surface area contributed by atoms with Crippen LogP contribution in [0.4, 0.5) is 5.13 Å². The highest BCUT2D eigenvalue weighted by Gasteiger charge is 2.18. The minimum atomic E-state index is -0.125. The van der Waals surface area contributed by atoms with Crippen molar-refractivity contribution in [2.24, 2.45) is 0 Å². The number of rotatable bonds is 4. The summed E-state index contributed by atoms with van der Waals surface area (Å²) < 4.78 is 11.1. The average Bonchev–Trinajstić information content (AvgIpc) is 3.21. The minimum absolute atomic E-state index is 0.116. The standard InChI is InChI=1S/C19H22N2O3S/c22-18(21-19-20-16-4-2-1-3-5-17(16)25-19)13-6-8-14(9-7-13)24-15-10-11-23-12-15/h6-9,15H,1-5,10-12H2,(H,20,21,22). The smallest absolute Gasteiger partial charge is 0.257 e. The molecule has 1 aromatic heterocycles. The van der Waals surface area contributed by atoms with Crippen molar-refractivity contribution in [1.82, 2.24) is 4.98 Å². The molecule has 2 aromatic rings. The highest BCUT2D eigenvalue weighted by atomic mass is 32.1. The zero-order valence-electron chi connectivity index (χ0n) is 14.1. The van der Waals surface area contributed by atoms with E-state index in [0.717, 1.165) is 31.6 Å². The van der Waals surface area contributed by atoms with Crippen LogP contribution < -0.4 is 10.1 Å². The van der Waals surface area contributed by atoms with Crippen LogP contribution in [0.2, 0.25) is 0 Å². The first kappa shape index (κ1) is 16.5. The number of carbonyl (C=O) groups is 1. The van der Waals surface area contributed by atoms with Crippen LogP contribution in [0, 0.1) is 0 Å². The molecule has 1 fully saturated rings. The molecule has 0 bridgehead atoms. The lowest BCUT2D eigenvalue weighted by Gasteiger charge is -2.11. The van der Waals surface area contributed by atoms with Crippen molar-refractivity contribution < 1.29 is 14.3 Å². The molecule has 1 aliphatic carbocycles. The molecule has 132 valence electrons. The van der Waals surface area contributed by atoms with Crippen molar-refractivity contribution in [1.29, 1.82) is 0 Å². The van der Waals surface area contributed by atoms with Gasteiger partial charge in [0.15, 0.2) is 5.13 Å². The Kier molecular flexibility index (Phi) is 4.99. The van der Waals surface area contributed by atoms with E-state index in [9.17, 15) is 4.79 Å². The zero-order valence-corrected chi connectivity index (χ0v) is 14.9. The summed E-state index contributed by atoms with van der Waals surface area (Å²) in [6.07, 6.45) is 6.82. The number of ether oxygens (including phenoxy) is 2. The lowest BCUT2D eigenvalue weighted by Crippen LogP contribution is -2.16. The lowest BCUT2D eigenvalue weighted by atomic mass is 10.2. The fourth-order valence-electron chi connectivity index (χ4n) is 3.23. The van der Waals surface area contributed by atoms with Crippen LogP contribution >= 0.6 is 11.3 Å². The van der Waals surface area contributed by atoms with Gasteiger partial charge < -0.3 is 9.47 Å². The van der Waals surface area contributed by atoms with Crippen molar-refractivity contribution >= 4 is 22.4 Å². The molecule has 1 aliphatic heterocycles. The maximum absolute atomic E-state index is 12.4. The van der Waals surface area contributed by atoms with E-state index in [2.05, 4.69) is 10.3 Å². The fraction of sp³-hybridized carbons (Fsp3) is 0.474. The molecule has 25 heavy (non-hydrogen) atoms. The number of hydrogen-bond donors (Lipinski definition) is 1. The molecule has 1 atom stereocenters. The number of benzene rings is 1. The summed E-state index contributed by atoms with van der Waals surface area (Å²) in [6.45, 7) is 1.39. The molecule has 6 heteroatoms. The number of fused-ring (bicyclic) bond motifs is 1. The van der Waals surface area contributed by atoms with Crippen LogP contribution in [0.15, 0.2) is 24.3 Å². The second-order valence-electron chi connectivity index (χ2n) is 6.53. The molecule has 0 radical (unpaired) electrons. The van der Waals surface area contributed by atoms with Gasteiger partial charge >= 0.3 is 0 Å². The van der Waals surface area contributed by atoms with Crippen molar-refractivity contribution in [2.45, 2.75) is 44.6 Å². The summed E-state index contributed by atoms with van der Waals surface area (Å²) in [5.74, 6) is 0.646. The van der Waals surface area contributed by atoms with Gasteiger partial charge in [0.25, 0.3) is 5.91 Å². The quantitative estimate of drug-likeness (QED) is 0.844. The third kappa shape index (κ3) is 4.02. The van der Waals surface area contributed by atoms with Gasteiger partial charge in [0.2, 0.25) is 0 Å². The number of amides is 1. The van der Waals surface area contributed by atoms with Gasteiger partial charge in [-0.2, -0.15) is 0 Å². The van der Waals surface area contributed by atoms with Crippen molar-refractivity contribution in [3.8, 4) is 5.75 Å². The summed E-state index contributed by atoms with van der Waals surface area (Å²) >= 11 is 1.61. The highest BCUT2D eigenvalue weighted by molar-refractivity contribution is 7.15. The number of hydrogen-bond acceptors (Lipinski definition) is 5. The summed E-state index contributed by atoms with van der Waals surface area (Å²) in [5.41, 5.74) is 1.78. The summed E-state index contributed by atoms with van der Waals surface area (Å²) in [6, 6.07) is 7.26. The second-order valence-corrected chi connectivity index (χ2v) is 7.62. The first-order valence-electron chi connectivity index (χ1n) is 8.92. The maximum Gasteiger partial charge on any atom is 0.257 e. The number of aromatic nitrogens is 1. The third-order valence-corrected chi connectivity index (χ3v) is 5.70. The van der Waals surface area contributed by atoms with Crippen LogP contribution in [-0.4, -0.2) is 30.2 Å². The van der Waals surface area contributed by atoms with Crippen LogP contribution in [0.25, 0.3) is 0 Å². The molecule has 1 unspecified atom stereocenters. The van der Waals surface area contributed by atoms with Crippen LogP contribution in [0.1, 0.15) is 46.6 Å². The van der Waals surface area contributed by atoms with Crippen LogP contribution in [0.3, 0.4) is 0 Å². The normalized spacial score (nSPS) is 19.9. The third-order valence-electron chi connectivity index (χ3n) is 4.62. The van der Waals surface area contributed by atoms with Gasteiger partial charge in [-0.25, -0.2) is 4.98 Å². The predicted octanol–water partition coefficient (Wildman–Crippen LogP) is 3.83. The first-order chi connectivity index (χ1) is 12.3. The van der Waals surface area contributed by atoms with Gasteiger partial charge in [-0.1, -0.05) is 6.42 Å². The van der Waals surface area contributed by atoms with Gasteiger partial charge in [-0.05, 0) is 49.9 Å². The topological polar surface area (TPSA) is 60.5 Å². The molecule has 1 N–H and O–H groups in total. The number of nitrogens with one attached hydrogen (secondary N) is 1. The van der Waals surface area contributed by atoms with E-state index in [-0.39, 0.29) is 12.0 Å². The molecule has 1 amide bonds. The predicted molar refractivity (Wildman–Crippen MR) is 97.6 cm³/mol. The monoisotopic (exact) mass is 358 g/mol. The first-order valence-corrected chi connectivity index (χ1v) is 9.74. The van der Waals surface area contributed by atoms with E-state index in [0.29, 0.717) is 17.3 Å². The van der Waals surface area contributed by atoms with Crippen LogP contribution in [0.5, 0.6) is 5.75 Å². The Balaban J connectivity index is 1.39. The molecule has 2 heterocycles. The van der Waals surface area contributed by atoms with Crippen LogP contribution in [-0.2, 0) is 17.6 Å². The molecule has 1 aromatic carbocycles. The molecule has 2 aliphatic rings. The van der Waals surface area contributed by atoms with E-state index in [4.69, 9.17) is 9.47 Å². The van der Waals surface area contributed by atoms with Gasteiger partial charge in [-0.3, -0.25) is 10.1 Å². The van der Waals surface area contributed by atoms with Crippen molar-refractivity contribution in [3.63, 3.8) is 0 Å². The van der Waals surface area contributed by atoms with Gasteiger partial charge in [-0.15, -0.1) is 11.3 Å². The van der Waals surface area contributed by atoms with E-state index in [1.54, 1.807) is 23.5 Å². The lowest BCUT2D eigenvalue weighted by molar-refractivity contribution is 0.102. The van der Waals surface area contributed by atoms with Gasteiger partial charge in [0, 0.05) is 16.9 Å². The minimum Gasteiger partial charge on any atom is -0.488 e.